The Morgan fingerprint density at radius 1 is 1.00 bits per heavy atom. The Labute approximate surface area is 182 Å². The van der Waals surface area contributed by atoms with Crippen LogP contribution in [0.15, 0.2) is 54.6 Å². The molecule has 0 aliphatic rings. The quantitative estimate of drug-likeness (QED) is 0.509. The number of halogens is 1. The van der Waals surface area contributed by atoms with Crippen molar-refractivity contribution in [2.75, 3.05) is 6.86 Å². The van der Waals surface area contributed by atoms with Gasteiger partial charge in [0.25, 0.3) is 0 Å². The molecule has 0 aliphatic carbocycles. The van der Waals surface area contributed by atoms with Crippen LogP contribution in [0.2, 0.25) is 0 Å². The van der Waals surface area contributed by atoms with Gasteiger partial charge in [-0.2, -0.15) is 0 Å². The van der Waals surface area contributed by atoms with E-state index in [-0.39, 0.29) is 24.2 Å². The van der Waals surface area contributed by atoms with Crippen molar-refractivity contribution in [1.82, 2.24) is 10.6 Å². The maximum absolute atomic E-state index is 12.7. The van der Waals surface area contributed by atoms with Crippen LogP contribution in [-0.2, 0) is 27.2 Å². The average Bonchev–Trinajstić information content (AvgIpc) is 2.77. The molecule has 0 spiro atoms. The van der Waals surface area contributed by atoms with Crippen molar-refractivity contribution in [2.45, 2.75) is 45.2 Å². The number of benzene rings is 2. The minimum absolute atomic E-state index is 0.148. The van der Waals surface area contributed by atoms with Gasteiger partial charge in [-0.3, -0.25) is 9.59 Å². The van der Waals surface area contributed by atoms with Crippen LogP contribution in [0.4, 0.5) is 4.39 Å². The van der Waals surface area contributed by atoms with E-state index in [1.807, 2.05) is 44.2 Å². The van der Waals surface area contributed by atoms with Crippen molar-refractivity contribution in [3.63, 3.8) is 0 Å². The van der Waals surface area contributed by atoms with E-state index in [1.165, 1.54) is 0 Å². The number of hydrogen-bond acceptors (Lipinski definition) is 4. The fourth-order valence-electron chi connectivity index (χ4n) is 3.13. The topological polar surface area (TPSA) is 84.5 Å². The van der Waals surface area contributed by atoms with Crippen LogP contribution in [0, 0.1) is 5.92 Å². The zero-order valence-electron chi connectivity index (χ0n) is 17.8. The first-order valence-electron chi connectivity index (χ1n) is 10.3. The number of aldehydes is 1. The number of amides is 2. The summed E-state index contributed by atoms with van der Waals surface area (Å²) in [6, 6.07) is 14.8. The van der Waals surface area contributed by atoms with E-state index < -0.39 is 18.9 Å². The number of alkyl halides is 1. The molecule has 7 heteroatoms. The van der Waals surface area contributed by atoms with Crippen LogP contribution in [0.5, 0.6) is 5.75 Å². The maximum Gasteiger partial charge on any atom is 0.243 e. The molecule has 0 radical (unpaired) electrons. The van der Waals surface area contributed by atoms with Gasteiger partial charge in [-0.25, -0.2) is 4.39 Å². The van der Waals surface area contributed by atoms with Crippen molar-refractivity contribution in [3.05, 3.63) is 65.7 Å². The highest BCUT2D eigenvalue weighted by molar-refractivity contribution is 5.89. The Kier molecular flexibility index (Phi) is 9.68. The molecule has 0 saturated carbocycles. The standard InChI is InChI=1S/C24H29FN2O4/c1-17(2)23(24(30)26-20(15-28)14-19-6-4-3-5-7-19)27-22(29)13-10-18-8-11-21(12-9-18)31-16-25/h3-9,11-12,15,17,20,23H,10,13-14,16H2,1-2H3,(H,26,30)(H,27,29). The zero-order chi connectivity index (χ0) is 22.6. The van der Waals surface area contributed by atoms with Gasteiger partial charge in [0.05, 0.1) is 6.04 Å². The molecule has 2 atom stereocenters. The van der Waals surface area contributed by atoms with Crippen molar-refractivity contribution < 1.29 is 23.5 Å². The number of rotatable bonds is 12. The van der Waals surface area contributed by atoms with Gasteiger partial charge in [-0.05, 0) is 42.0 Å². The Hall–Kier alpha value is -3.22. The smallest absolute Gasteiger partial charge is 0.243 e. The molecule has 0 saturated heterocycles. The van der Waals surface area contributed by atoms with Crippen LogP contribution in [0.1, 0.15) is 31.4 Å². The summed E-state index contributed by atoms with van der Waals surface area (Å²) < 4.78 is 16.9. The van der Waals surface area contributed by atoms with Crippen LogP contribution >= 0.6 is 0 Å². The molecule has 2 aromatic carbocycles. The van der Waals surface area contributed by atoms with E-state index in [0.717, 1.165) is 11.1 Å². The Balaban J connectivity index is 1.89. The maximum atomic E-state index is 12.7. The van der Waals surface area contributed by atoms with E-state index >= 15 is 0 Å². The number of nitrogens with one attached hydrogen (secondary N) is 2. The third-order valence-corrected chi connectivity index (χ3v) is 4.84. The lowest BCUT2D eigenvalue weighted by Gasteiger charge is -2.23. The zero-order valence-corrected chi connectivity index (χ0v) is 17.8. The van der Waals surface area contributed by atoms with Gasteiger partial charge >= 0.3 is 0 Å². The summed E-state index contributed by atoms with van der Waals surface area (Å²) in [6.07, 6.45) is 1.76. The van der Waals surface area contributed by atoms with Gasteiger partial charge in [0.1, 0.15) is 18.1 Å². The van der Waals surface area contributed by atoms with Gasteiger partial charge in [0.2, 0.25) is 18.7 Å². The highest BCUT2D eigenvalue weighted by atomic mass is 19.1. The van der Waals surface area contributed by atoms with Gasteiger partial charge in [-0.1, -0.05) is 56.3 Å². The number of ether oxygens (including phenoxy) is 1. The van der Waals surface area contributed by atoms with Crippen LogP contribution in [0.3, 0.4) is 0 Å². The van der Waals surface area contributed by atoms with Gasteiger partial charge < -0.3 is 20.2 Å². The first-order chi connectivity index (χ1) is 14.9. The average molecular weight is 429 g/mol. The van der Waals surface area contributed by atoms with E-state index in [0.29, 0.717) is 24.9 Å². The fourth-order valence-corrected chi connectivity index (χ4v) is 3.13. The summed E-state index contributed by atoms with van der Waals surface area (Å²) in [5.41, 5.74) is 1.84. The lowest BCUT2D eigenvalue weighted by atomic mass is 10.0. The largest absolute Gasteiger partial charge is 0.463 e. The van der Waals surface area contributed by atoms with Crippen molar-refractivity contribution in [2.24, 2.45) is 5.92 Å². The summed E-state index contributed by atoms with van der Waals surface area (Å²) in [7, 11) is 0. The molecule has 31 heavy (non-hydrogen) atoms. The highest BCUT2D eigenvalue weighted by Gasteiger charge is 2.26. The summed E-state index contributed by atoms with van der Waals surface area (Å²) in [4.78, 5) is 36.6. The second kappa shape index (κ2) is 12.5. The van der Waals surface area contributed by atoms with Crippen LogP contribution in [-0.4, -0.2) is 37.0 Å². The molecule has 6 nitrogen and oxygen atoms in total. The molecule has 0 bridgehead atoms. The van der Waals surface area contributed by atoms with Gasteiger partial charge in [-0.15, -0.1) is 0 Å². The third kappa shape index (κ3) is 8.20. The number of hydrogen-bond donors (Lipinski definition) is 2. The van der Waals surface area contributed by atoms with Crippen LogP contribution in [0.25, 0.3) is 0 Å². The molecule has 0 fully saturated rings. The second-order valence-corrected chi connectivity index (χ2v) is 7.63. The molecule has 2 amide bonds. The molecular formula is C24H29FN2O4. The molecule has 2 N–H and O–H groups in total. The van der Waals surface area contributed by atoms with Gasteiger partial charge in [0.15, 0.2) is 0 Å². The van der Waals surface area contributed by atoms with Crippen LogP contribution < -0.4 is 15.4 Å². The molecule has 2 rings (SSSR count). The van der Waals surface area contributed by atoms with E-state index in [4.69, 9.17) is 4.74 Å². The molecule has 166 valence electrons. The third-order valence-electron chi connectivity index (χ3n) is 4.84. The SMILES string of the molecule is CC(C)C(NC(=O)CCc1ccc(OCF)cc1)C(=O)NC(C=O)Cc1ccccc1. The monoisotopic (exact) mass is 428 g/mol. The first-order valence-corrected chi connectivity index (χ1v) is 10.3. The van der Waals surface area contributed by atoms with Crippen molar-refractivity contribution >= 4 is 18.1 Å². The van der Waals surface area contributed by atoms with E-state index in [9.17, 15) is 18.8 Å². The molecule has 0 aromatic heterocycles. The minimum Gasteiger partial charge on any atom is -0.463 e. The summed E-state index contributed by atoms with van der Waals surface area (Å²) in [5.74, 6) is -0.370. The second-order valence-electron chi connectivity index (χ2n) is 7.63. The molecule has 2 unspecified atom stereocenters. The van der Waals surface area contributed by atoms with E-state index in [1.54, 1.807) is 24.3 Å². The number of aryl methyl sites for hydroxylation is 1. The molecule has 2 aromatic rings. The van der Waals surface area contributed by atoms with E-state index in [2.05, 4.69) is 10.6 Å². The van der Waals surface area contributed by atoms with Crippen molar-refractivity contribution in [1.29, 1.82) is 0 Å². The fraction of sp³-hybridized carbons (Fsp3) is 0.375. The predicted octanol–water partition coefficient (Wildman–Crippen LogP) is 2.99. The number of carbonyl (C=O) groups is 3. The Bertz CT molecular complexity index is 840. The number of carbonyl (C=O) groups excluding carboxylic acids is 3. The summed E-state index contributed by atoms with van der Waals surface area (Å²) in [6.45, 7) is 2.78. The summed E-state index contributed by atoms with van der Waals surface area (Å²) in [5, 5.41) is 5.50. The highest BCUT2D eigenvalue weighted by Crippen LogP contribution is 2.14. The Morgan fingerprint density at radius 2 is 1.68 bits per heavy atom. The molecule has 0 heterocycles. The van der Waals surface area contributed by atoms with Crippen molar-refractivity contribution in [3.8, 4) is 5.75 Å². The minimum atomic E-state index is -0.892. The first kappa shape index (κ1) is 24.1. The van der Waals surface area contributed by atoms with Gasteiger partial charge in [0, 0.05) is 6.42 Å². The lowest BCUT2D eigenvalue weighted by Crippen LogP contribution is -2.52. The predicted molar refractivity (Wildman–Crippen MR) is 116 cm³/mol. The summed E-state index contributed by atoms with van der Waals surface area (Å²) >= 11 is 0. The lowest BCUT2D eigenvalue weighted by molar-refractivity contribution is -0.131. The molecular weight excluding hydrogens is 399 g/mol. The molecule has 0 aliphatic heterocycles. The normalized spacial score (nSPS) is 12.6. The Morgan fingerprint density at radius 3 is 2.26 bits per heavy atom.